The van der Waals surface area contributed by atoms with Crippen LogP contribution in [0, 0.1) is 0 Å². The van der Waals surface area contributed by atoms with E-state index in [2.05, 4.69) is 15.2 Å². The number of para-hydroxylation sites is 1. The first kappa shape index (κ1) is 17.4. The first-order valence-electron chi connectivity index (χ1n) is 9.46. The van der Waals surface area contributed by atoms with Gasteiger partial charge in [0.15, 0.2) is 5.82 Å². The summed E-state index contributed by atoms with van der Waals surface area (Å²) in [6, 6.07) is 17.8. The van der Waals surface area contributed by atoms with E-state index in [9.17, 15) is 4.79 Å². The second-order valence-electron chi connectivity index (χ2n) is 7.11. The monoisotopic (exact) mass is 385 g/mol. The lowest BCUT2D eigenvalue weighted by molar-refractivity contribution is -0.119. The molecule has 4 aromatic rings. The van der Waals surface area contributed by atoms with Crippen LogP contribution in [0.3, 0.4) is 0 Å². The molecule has 0 aliphatic carbocycles. The van der Waals surface area contributed by atoms with Gasteiger partial charge in [-0.25, -0.2) is 4.68 Å². The molecule has 0 fully saturated rings. The molecule has 0 N–H and O–H groups in total. The minimum absolute atomic E-state index is 0.0441. The number of aromatic nitrogens is 4. The summed E-state index contributed by atoms with van der Waals surface area (Å²) in [5.41, 5.74) is 4.00. The van der Waals surface area contributed by atoms with E-state index in [0.29, 0.717) is 24.6 Å². The number of nitrogens with zero attached hydrogens (tertiary/aromatic N) is 5. The number of carbonyl (C=O) groups excluding carboxylic acids is 1. The van der Waals surface area contributed by atoms with Gasteiger partial charge in [0.25, 0.3) is 0 Å². The predicted octanol–water partition coefficient (Wildman–Crippen LogP) is 3.34. The standard InChI is InChI=1S/C22H19N5O2/c1-26-19-6-3-2-5-17(19)18(14-21(26)28)22-24-20(25-29-22)13-15-7-9-16(10-8-15)27-12-4-11-23-27/h2-12,18H,13-14H2,1H3. The summed E-state index contributed by atoms with van der Waals surface area (Å²) >= 11 is 0. The van der Waals surface area contributed by atoms with E-state index in [4.69, 9.17) is 4.52 Å². The van der Waals surface area contributed by atoms with Gasteiger partial charge in [0.2, 0.25) is 11.8 Å². The topological polar surface area (TPSA) is 77.1 Å². The number of hydrogen-bond donors (Lipinski definition) is 0. The van der Waals surface area contributed by atoms with Crippen LogP contribution in [-0.4, -0.2) is 32.9 Å². The molecule has 1 unspecified atom stereocenters. The van der Waals surface area contributed by atoms with Crippen molar-refractivity contribution in [2.75, 3.05) is 11.9 Å². The first-order valence-corrected chi connectivity index (χ1v) is 9.46. The van der Waals surface area contributed by atoms with E-state index in [1.807, 2.05) is 65.5 Å². The smallest absolute Gasteiger partial charge is 0.234 e. The number of rotatable bonds is 4. The second kappa shape index (κ2) is 7.01. The van der Waals surface area contributed by atoms with Gasteiger partial charge in [-0.05, 0) is 35.4 Å². The second-order valence-corrected chi connectivity index (χ2v) is 7.11. The van der Waals surface area contributed by atoms with Gasteiger partial charge in [0.1, 0.15) is 0 Å². The fourth-order valence-corrected chi connectivity index (χ4v) is 3.72. The molecule has 0 saturated heterocycles. The summed E-state index contributed by atoms with van der Waals surface area (Å²) in [6.45, 7) is 0. The van der Waals surface area contributed by atoms with Crippen LogP contribution >= 0.6 is 0 Å². The number of fused-ring (bicyclic) bond motifs is 1. The Hall–Kier alpha value is -3.74. The molecule has 1 aliphatic rings. The third kappa shape index (κ3) is 3.20. The maximum atomic E-state index is 12.4. The fourth-order valence-electron chi connectivity index (χ4n) is 3.72. The average Bonchev–Trinajstić information content (AvgIpc) is 3.44. The Bertz CT molecular complexity index is 1150. The number of hydrogen-bond acceptors (Lipinski definition) is 5. The van der Waals surface area contributed by atoms with E-state index < -0.39 is 0 Å². The maximum absolute atomic E-state index is 12.4. The molecule has 0 radical (unpaired) electrons. The van der Waals surface area contributed by atoms with Crippen LogP contribution in [0.2, 0.25) is 0 Å². The molecule has 1 aliphatic heterocycles. The van der Waals surface area contributed by atoms with Crippen LogP contribution in [0.4, 0.5) is 5.69 Å². The van der Waals surface area contributed by atoms with Crippen LogP contribution < -0.4 is 4.90 Å². The molecule has 1 amide bonds. The van der Waals surface area contributed by atoms with Crippen LogP contribution in [0.5, 0.6) is 0 Å². The van der Waals surface area contributed by atoms with Crippen LogP contribution in [0.25, 0.3) is 5.69 Å². The van der Waals surface area contributed by atoms with Crippen molar-refractivity contribution in [2.45, 2.75) is 18.8 Å². The van der Waals surface area contributed by atoms with Crippen molar-refractivity contribution in [1.29, 1.82) is 0 Å². The van der Waals surface area contributed by atoms with Crippen molar-refractivity contribution < 1.29 is 9.32 Å². The highest BCUT2D eigenvalue weighted by Gasteiger charge is 2.33. The lowest BCUT2D eigenvalue weighted by atomic mass is 9.89. The van der Waals surface area contributed by atoms with Gasteiger partial charge in [-0.1, -0.05) is 35.5 Å². The highest BCUT2D eigenvalue weighted by atomic mass is 16.5. The summed E-state index contributed by atoms with van der Waals surface area (Å²) in [5.74, 6) is 0.929. The summed E-state index contributed by atoms with van der Waals surface area (Å²) < 4.78 is 7.36. The molecule has 5 rings (SSSR count). The largest absolute Gasteiger partial charge is 0.339 e. The van der Waals surface area contributed by atoms with Crippen molar-refractivity contribution in [3.8, 4) is 5.69 Å². The molecule has 2 aromatic carbocycles. The van der Waals surface area contributed by atoms with E-state index in [1.54, 1.807) is 18.1 Å². The SMILES string of the molecule is CN1C(=O)CC(c2nc(Cc3ccc(-n4cccn4)cc3)no2)c2ccccc21. The highest BCUT2D eigenvalue weighted by Crippen LogP contribution is 2.38. The van der Waals surface area contributed by atoms with Crippen molar-refractivity contribution in [2.24, 2.45) is 0 Å². The molecule has 1 atom stereocenters. The van der Waals surface area contributed by atoms with E-state index in [-0.39, 0.29) is 11.8 Å². The Kier molecular flexibility index (Phi) is 4.20. The van der Waals surface area contributed by atoms with E-state index in [1.165, 1.54) is 0 Å². The van der Waals surface area contributed by atoms with Gasteiger partial charge >= 0.3 is 0 Å². The zero-order valence-electron chi connectivity index (χ0n) is 15.9. The first-order chi connectivity index (χ1) is 14.2. The van der Waals surface area contributed by atoms with E-state index >= 15 is 0 Å². The Morgan fingerprint density at radius 2 is 1.93 bits per heavy atom. The van der Waals surface area contributed by atoms with Gasteiger partial charge in [0.05, 0.1) is 11.6 Å². The van der Waals surface area contributed by atoms with Crippen molar-refractivity contribution >= 4 is 11.6 Å². The third-order valence-corrected chi connectivity index (χ3v) is 5.28. The Morgan fingerprint density at radius 3 is 2.72 bits per heavy atom. The lowest BCUT2D eigenvalue weighted by Crippen LogP contribution is -2.33. The minimum atomic E-state index is -0.210. The zero-order valence-corrected chi connectivity index (χ0v) is 15.9. The fraction of sp³-hybridized carbons (Fsp3) is 0.182. The highest BCUT2D eigenvalue weighted by molar-refractivity contribution is 5.97. The number of carbonyl (C=O) groups is 1. The predicted molar refractivity (Wildman–Crippen MR) is 107 cm³/mol. The van der Waals surface area contributed by atoms with Crippen molar-refractivity contribution in [3.05, 3.63) is 89.8 Å². The minimum Gasteiger partial charge on any atom is -0.339 e. The van der Waals surface area contributed by atoms with Gasteiger partial charge in [0, 0.05) is 38.0 Å². The molecule has 2 aromatic heterocycles. The van der Waals surface area contributed by atoms with Gasteiger partial charge in [-0.2, -0.15) is 10.1 Å². The number of benzene rings is 2. The van der Waals surface area contributed by atoms with E-state index in [0.717, 1.165) is 22.5 Å². The number of amides is 1. The molecule has 0 bridgehead atoms. The molecule has 144 valence electrons. The van der Waals surface area contributed by atoms with Gasteiger partial charge in [-0.3, -0.25) is 4.79 Å². The lowest BCUT2D eigenvalue weighted by Gasteiger charge is -2.29. The quantitative estimate of drug-likeness (QED) is 0.538. The van der Waals surface area contributed by atoms with Gasteiger partial charge < -0.3 is 9.42 Å². The summed E-state index contributed by atoms with van der Waals surface area (Å²) in [6.07, 6.45) is 4.54. The van der Waals surface area contributed by atoms with Gasteiger partial charge in [-0.15, -0.1) is 0 Å². The Balaban J connectivity index is 1.37. The van der Waals surface area contributed by atoms with Crippen LogP contribution in [0.15, 0.2) is 71.5 Å². The third-order valence-electron chi connectivity index (χ3n) is 5.28. The molecule has 7 nitrogen and oxygen atoms in total. The Morgan fingerprint density at radius 1 is 1.10 bits per heavy atom. The molecular weight excluding hydrogens is 366 g/mol. The normalized spacial score (nSPS) is 16.1. The van der Waals surface area contributed by atoms with Crippen molar-refractivity contribution in [3.63, 3.8) is 0 Å². The molecular formula is C22H19N5O2. The van der Waals surface area contributed by atoms with Crippen molar-refractivity contribution in [1.82, 2.24) is 19.9 Å². The van der Waals surface area contributed by atoms with Crippen LogP contribution in [-0.2, 0) is 11.2 Å². The zero-order chi connectivity index (χ0) is 19.8. The maximum Gasteiger partial charge on any atom is 0.234 e. The summed E-state index contributed by atoms with van der Waals surface area (Å²) in [4.78, 5) is 18.7. The molecule has 3 heterocycles. The summed E-state index contributed by atoms with van der Waals surface area (Å²) in [5, 5.41) is 8.38. The molecule has 0 spiro atoms. The molecule has 7 heteroatoms. The average molecular weight is 385 g/mol. The Labute approximate surface area is 167 Å². The van der Waals surface area contributed by atoms with Crippen LogP contribution in [0.1, 0.15) is 35.2 Å². The molecule has 29 heavy (non-hydrogen) atoms. The molecule has 0 saturated carbocycles. The summed E-state index contributed by atoms with van der Waals surface area (Å²) in [7, 11) is 1.80. The number of anilines is 1.